The van der Waals surface area contributed by atoms with Crippen molar-refractivity contribution in [2.75, 3.05) is 18.5 Å². The van der Waals surface area contributed by atoms with Crippen molar-refractivity contribution in [1.82, 2.24) is 15.0 Å². The number of nitrogens with zero attached hydrogens (tertiary/aromatic N) is 3. The molecule has 1 aromatic carbocycles. The predicted molar refractivity (Wildman–Crippen MR) is 94.2 cm³/mol. The Labute approximate surface area is 155 Å². The van der Waals surface area contributed by atoms with E-state index in [2.05, 4.69) is 20.3 Å². The molecule has 3 rings (SSSR count). The molecule has 0 amide bonds. The molecule has 0 saturated heterocycles. The monoisotopic (exact) mass is 400 g/mol. The van der Waals surface area contributed by atoms with Gasteiger partial charge in [-0.2, -0.15) is 13.2 Å². The van der Waals surface area contributed by atoms with Crippen molar-refractivity contribution in [3.63, 3.8) is 0 Å². The van der Waals surface area contributed by atoms with E-state index >= 15 is 0 Å². The van der Waals surface area contributed by atoms with Crippen molar-refractivity contribution in [3.8, 4) is 21.1 Å². The Hall–Kier alpha value is -2.23. The molecule has 0 unspecified atom stereocenters. The maximum atomic E-state index is 12.7. The molecule has 0 bridgehead atoms. The van der Waals surface area contributed by atoms with Gasteiger partial charge >= 0.3 is 6.18 Å². The highest BCUT2D eigenvalue weighted by molar-refractivity contribution is 7.19. The number of thiazole rings is 1. The van der Waals surface area contributed by atoms with Gasteiger partial charge in [0, 0.05) is 18.3 Å². The number of aromatic nitrogens is 3. The molecule has 0 fully saturated rings. The van der Waals surface area contributed by atoms with E-state index in [1.165, 1.54) is 29.7 Å². The minimum absolute atomic E-state index is 0.0625. The lowest BCUT2D eigenvalue weighted by atomic mass is 10.1. The largest absolute Gasteiger partial charge is 0.416 e. The third-order valence-corrected chi connectivity index (χ3v) is 4.84. The molecule has 0 aliphatic heterocycles. The molecule has 26 heavy (non-hydrogen) atoms. The van der Waals surface area contributed by atoms with Crippen molar-refractivity contribution in [2.45, 2.75) is 6.18 Å². The van der Waals surface area contributed by atoms with Crippen LogP contribution in [0.3, 0.4) is 0 Å². The molecule has 5 nitrogen and oxygen atoms in total. The number of alkyl halides is 3. The Bertz CT molecular complexity index is 899. The number of hydrogen-bond donors (Lipinski definition) is 2. The fraction of sp³-hybridized carbons (Fsp3) is 0.188. The second-order valence-corrected chi connectivity index (χ2v) is 6.49. The molecule has 2 aromatic heterocycles. The van der Waals surface area contributed by atoms with E-state index < -0.39 is 11.7 Å². The van der Waals surface area contributed by atoms with Crippen molar-refractivity contribution in [3.05, 3.63) is 47.2 Å². The summed E-state index contributed by atoms with van der Waals surface area (Å²) in [7, 11) is 0. The summed E-state index contributed by atoms with van der Waals surface area (Å²) in [6.45, 7) is 0.240. The van der Waals surface area contributed by atoms with Crippen LogP contribution in [0.15, 0.2) is 36.5 Å². The van der Waals surface area contributed by atoms with E-state index in [0.717, 1.165) is 12.1 Å². The van der Waals surface area contributed by atoms with Gasteiger partial charge in [0.05, 0.1) is 22.7 Å². The minimum Gasteiger partial charge on any atom is -0.395 e. The second kappa shape index (κ2) is 7.56. The van der Waals surface area contributed by atoms with Gasteiger partial charge in [0.1, 0.15) is 10.2 Å². The SMILES string of the molecule is OCCNc1nccc(-c2sc(-c3ccc(C(F)(F)F)cc3)nc2Cl)n1. The highest BCUT2D eigenvalue weighted by Crippen LogP contribution is 2.38. The fourth-order valence-corrected chi connectivity index (χ4v) is 3.40. The molecular weight excluding hydrogens is 389 g/mol. The summed E-state index contributed by atoms with van der Waals surface area (Å²) in [4.78, 5) is 13.1. The standard InChI is InChI=1S/C16H12ClF3N4OS/c17-13-12(11-5-6-21-15(23-11)22-7-8-25)26-14(24-13)9-1-3-10(4-2-9)16(18,19)20/h1-6,25H,7-8H2,(H,21,22,23). The summed E-state index contributed by atoms with van der Waals surface area (Å²) in [5.41, 5.74) is 0.337. The van der Waals surface area contributed by atoms with E-state index in [4.69, 9.17) is 16.7 Å². The zero-order valence-corrected chi connectivity index (χ0v) is 14.7. The van der Waals surface area contributed by atoms with Gasteiger partial charge in [-0.05, 0) is 18.2 Å². The van der Waals surface area contributed by atoms with Crippen LogP contribution in [0.2, 0.25) is 5.15 Å². The van der Waals surface area contributed by atoms with Crippen molar-refractivity contribution >= 4 is 28.9 Å². The van der Waals surface area contributed by atoms with E-state index in [1.54, 1.807) is 6.07 Å². The Morgan fingerprint density at radius 1 is 1.12 bits per heavy atom. The molecule has 136 valence electrons. The van der Waals surface area contributed by atoms with Crippen LogP contribution in [-0.4, -0.2) is 33.2 Å². The lowest BCUT2D eigenvalue weighted by Gasteiger charge is -2.06. The Morgan fingerprint density at radius 3 is 2.50 bits per heavy atom. The number of rotatable bonds is 5. The topological polar surface area (TPSA) is 70.9 Å². The van der Waals surface area contributed by atoms with Gasteiger partial charge in [-0.25, -0.2) is 15.0 Å². The van der Waals surface area contributed by atoms with Crippen molar-refractivity contribution < 1.29 is 18.3 Å². The molecule has 3 aromatic rings. The highest BCUT2D eigenvalue weighted by Gasteiger charge is 2.30. The van der Waals surface area contributed by atoms with Gasteiger partial charge in [0.2, 0.25) is 5.95 Å². The van der Waals surface area contributed by atoms with Crippen LogP contribution in [0.5, 0.6) is 0 Å². The van der Waals surface area contributed by atoms with Gasteiger partial charge < -0.3 is 10.4 Å². The van der Waals surface area contributed by atoms with Crippen LogP contribution in [-0.2, 0) is 6.18 Å². The number of hydrogen-bond acceptors (Lipinski definition) is 6. The molecule has 10 heteroatoms. The van der Waals surface area contributed by atoms with Crippen LogP contribution < -0.4 is 5.32 Å². The van der Waals surface area contributed by atoms with E-state index in [0.29, 0.717) is 33.6 Å². The number of aliphatic hydroxyl groups is 1. The van der Waals surface area contributed by atoms with Gasteiger partial charge in [-0.1, -0.05) is 23.7 Å². The summed E-state index contributed by atoms with van der Waals surface area (Å²) in [5.74, 6) is 0.331. The molecule has 0 saturated carbocycles. The first-order valence-electron chi connectivity index (χ1n) is 7.40. The average Bonchev–Trinajstić information content (AvgIpc) is 3.01. The number of benzene rings is 1. The summed E-state index contributed by atoms with van der Waals surface area (Å²) >= 11 is 7.41. The number of anilines is 1. The Balaban J connectivity index is 1.90. The Morgan fingerprint density at radius 2 is 1.85 bits per heavy atom. The number of aliphatic hydroxyl groups excluding tert-OH is 1. The van der Waals surface area contributed by atoms with Crippen molar-refractivity contribution in [2.24, 2.45) is 0 Å². The molecular formula is C16H12ClF3N4OS. The van der Waals surface area contributed by atoms with Gasteiger partial charge in [0.25, 0.3) is 0 Å². The summed E-state index contributed by atoms with van der Waals surface area (Å²) in [5, 5.41) is 12.4. The quantitative estimate of drug-likeness (QED) is 0.666. The minimum atomic E-state index is -4.39. The molecule has 0 aliphatic carbocycles. The highest BCUT2D eigenvalue weighted by atomic mass is 35.5. The lowest BCUT2D eigenvalue weighted by molar-refractivity contribution is -0.137. The third-order valence-electron chi connectivity index (χ3n) is 3.33. The molecule has 0 radical (unpaired) electrons. The predicted octanol–water partition coefficient (Wildman–Crippen LogP) is 4.34. The zero-order chi connectivity index (χ0) is 18.7. The van der Waals surface area contributed by atoms with Crippen LogP contribution >= 0.6 is 22.9 Å². The maximum Gasteiger partial charge on any atom is 0.416 e. The smallest absolute Gasteiger partial charge is 0.395 e. The van der Waals surface area contributed by atoms with Crippen LogP contribution in [0.25, 0.3) is 21.1 Å². The van der Waals surface area contributed by atoms with Crippen LogP contribution in [0.4, 0.5) is 19.1 Å². The first-order valence-corrected chi connectivity index (χ1v) is 8.60. The normalized spacial score (nSPS) is 11.6. The molecule has 0 spiro atoms. The van der Waals surface area contributed by atoms with Crippen LogP contribution in [0.1, 0.15) is 5.56 Å². The summed E-state index contributed by atoms with van der Waals surface area (Å²) in [6.07, 6.45) is -2.85. The summed E-state index contributed by atoms with van der Waals surface area (Å²) < 4.78 is 38.0. The van der Waals surface area contributed by atoms with Crippen LogP contribution in [0, 0.1) is 0 Å². The second-order valence-electron chi connectivity index (χ2n) is 5.13. The van der Waals surface area contributed by atoms with Gasteiger partial charge in [-0.3, -0.25) is 0 Å². The fourth-order valence-electron chi connectivity index (χ4n) is 2.12. The van der Waals surface area contributed by atoms with Gasteiger partial charge in [-0.15, -0.1) is 11.3 Å². The maximum absolute atomic E-state index is 12.7. The number of nitrogens with one attached hydrogen (secondary N) is 1. The Kier molecular flexibility index (Phi) is 5.40. The van der Waals surface area contributed by atoms with E-state index in [9.17, 15) is 13.2 Å². The molecule has 2 heterocycles. The third kappa shape index (κ3) is 4.12. The van der Waals surface area contributed by atoms with E-state index in [1.807, 2.05) is 0 Å². The average molecular weight is 401 g/mol. The first-order chi connectivity index (χ1) is 12.4. The zero-order valence-electron chi connectivity index (χ0n) is 13.1. The van der Waals surface area contributed by atoms with Gasteiger partial charge in [0.15, 0.2) is 0 Å². The van der Waals surface area contributed by atoms with E-state index in [-0.39, 0.29) is 11.8 Å². The first kappa shape index (κ1) is 18.6. The summed E-state index contributed by atoms with van der Waals surface area (Å²) in [6, 6.07) is 6.38. The molecule has 2 N–H and O–H groups in total. The molecule has 0 atom stereocenters. The lowest BCUT2D eigenvalue weighted by Crippen LogP contribution is -2.08. The van der Waals surface area contributed by atoms with Crippen molar-refractivity contribution in [1.29, 1.82) is 0 Å². The molecule has 0 aliphatic rings. The number of halogens is 4.